The molecule has 0 atom stereocenters. The lowest BCUT2D eigenvalue weighted by Gasteiger charge is -2.03. The monoisotopic (exact) mass is 318 g/mol. The predicted octanol–water partition coefficient (Wildman–Crippen LogP) is 2.69. The van der Waals surface area contributed by atoms with Gasteiger partial charge in [-0.2, -0.15) is 0 Å². The molecule has 0 aromatic carbocycles. The minimum absolute atomic E-state index is 0.151. The number of hydrogen-bond acceptors (Lipinski definition) is 3. The molecule has 0 unspecified atom stereocenters. The van der Waals surface area contributed by atoms with Gasteiger partial charge < -0.3 is 11.1 Å². The van der Waals surface area contributed by atoms with Gasteiger partial charge in [0.2, 0.25) is 5.91 Å². The number of nitrogens with two attached hydrogens (primary N) is 1. The Morgan fingerprint density at radius 3 is 2.82 bits per heavy atom. The van der Waals surface area contributed by atoms with Crippen LogP contribution in [0.25, 0.3) is 0 Å². The van der Waals surface area contributed by atoms with Gasteiger partial charge in [-0.25, -0.2) is 0 Å². The van der Waals surface area contributed by atoms with Crippen LogP contribution in [0.3, 0.4) is 0 Å². The fraction of sp³-hybridized carbons (Fsp3) is 0.583. The van der Waals surface area contributed by atoms with Crippen LogP contribution in [0, 0.1) is 0 Å². The molecule has 1 heterocycles. The molecule has 0 aliphatic heterocycles. The second-order valence-corrected chi connectivity index (χ2v) is 6.45. The Bertz CT molecular complexity index is 341. The summed E-state index contributed by atoms with van der Waals surface area (Å²) in [6, 6.07) is 4.12. The summed E-state index contributed by atoms with van der Waals surface area (Å²) in [4.78, 5) is 12.7. The van der Waals surface area contributed by atoms with E-state index in [4.69, 9.17) is 5.73 Å². The second kappa shape index (κ2) is 8.66. The lowest BCUT2D eigenvalue weighted by Crippen LogP contribution is -2.25. The van der Waals surface area contributed by atoms with E-state index in [9.17, 15) is 4.79 Å². The van der Waals surface area contributed by atoms with E-state index in [1.165, 1.54) is 4.88 Å². The summed E-state index contributed by atoms with van der Waals surface area (Å²) in [5.74, 6) is 0.151. The predicted molar refractivity (Wildman–Crippen MR) is 76.3 cm³/mol. The molecule has 17 heavy (non-hydrogen) atoms. The van der Waals surface area contributed by atoms with Crippen molar-refractivity contribution >= 4 is 33.2 Å². The third kappa shape index (κ3) is 6.81. The van der Waals surface area contributed by atoms with Crippen LogP contribution in [0.2, 0.25) is 0 Å². The van der Waals surface area contributed by atoms with Crippen molar-refractivity contribution < 1.29 is 4.79 Å². The smallest absolute Gasteiger partial charge is 0.220 e. The molecule has 1 aromatic heterocycles. The highest BCUT2D eigenvalue weighted by molar-refractivity contribution is 9.11. The molecule has 0 radical (unpaired) electrons. The van der Waals surface area contributed by atoms with E-state index in [-0.39, 0.29) is 5.91 Å². The number of carbonyl (C=O) groups is 1. The fourth-order valence-corrected chi connectivity index (χ4v) is 2.99. The van der Waals surface area contributed by atoms with Crippen LogP contribution in [0.15, 0.2) is 15.9 Å². The number of hydrogen-bond donors (Lipinski definition) is 2. The summed E-state index contributed by atoms with van der Waals surface area (Å²) >= 11 is 5.14. The normalized spacial score (nSPS) is 10.5. The summed E-state index contributed by atoms with van der Waals surface area (Å²) in [6.45, 7) is 1.44. The molecule has 0 aliphatic rings. The van der Waals surface area contributed by atoms with Gasteiger partial charge in [0.05, 0.1) is 3.79 Å². The van der Waals surface area contributed by atoms with Gasteiger partial charge in [-0.1, -0.05) is 6.42 Å². The van der Waals surface area contributed by atoms with Crippen LogP contribution in [0.4, 0.5) is 0 Å². The minimum Gasteiger partial charge on any atom is -0.356 e. The van der Waals surface area contributed by atoms with Crippen molar-refractivity contribution in [3.8, 4) is 0 Å². The molecule has 1 aromatic rings. The maximum absolute atomic E-state index is 11.5. The third-order valence-corrected chi connectivity index (χ3v) is 4.11. The highest BCUT2D eigenvalue weighted by atomic mass is 79.9. The summed E-state index contributed by atoms with van der Waals surface area (Å²) < 4.78 is 1.14. The van der Waals surface area contributed by atoms with Crippen molar-refractivity contribution in [2.45, 2.75) is 32.1 Å². The molecule has 0 aliphatic carbocycles. The second-order valence-electron chi connectivity index (χ2n) is 3.91. The molecule has 0 saturated carbocycles. The van der Waals surface area contributed by atoms with Crippen LogP contribution in [-0.2, 0) is 11.2 Å². The Morgan fingerprint density at radius 1 is 1.35 bits per heavy atom. The van der Waals surface area contributed by atoms with Gasteiger partial charge in [0, 0.05) is 17.8 Å². The molecule has 0 fully saturated rings. The van der Waals surface area contributed by atoms with Crippen molar-refractivity contribution in [3.05, 3.63) is 20.8 Å². The van der Waals surface area contributed by atoms with Crippen LogP contribution in [0.1, 0.15) is 30.6 Å². The van der Waals surface area contributed by atoms with Gasteiger partial charge in [-0.15, -0.1) is 11.3 Å². The van der Waals surface area contributed by atoms with Gasteiger partial charge in [-0.05, 0) is 53.9 Å². The molecule has 1 rings (SSSR count). The van der Waals surface area contributed by atoms with Gasteiger partial charge >= 0.3 is 0 Å². The Hall–Kier alpha value is -0.390. The maximum atomic E-state index is 11.5. The largest absolute Gasteiger partial charge is 0.356 e. The summed E-state index contributed by atoms with van der Waals surface area (Å²) in [6.07, 6.45) is 4.52. The van der Waals surface area contributed by atoms with Crippen LogP contribution >= 0.6 is 27.3 Å². The minimum atomic E-state index is 0.151. The van der Waals surface area contributed by atoms with Gasteiger partial charge in [0.1, 0.15) is 0 Å². The molecule has 1 amide bonds. The topological polar surface area (TPSA) is 55.1 Å². The summed E-state index contributed by atoms with van der Waals surface area (Å²) in [5.41, 5.74) is 5.39. The Morgan fingerprint density at radius 2 is 2.18 bits per heavy atom. The SMILES string of the molecule is NCCCCCC(=O)NCCc1ccc(Br)s1. The quantitative estimate of drug-likeness (QED) is 0.724. The molecule has 0 bridgehead atoms. The van der Waals surface area contributed by atoms with Gasteiger partial charge in [-0.3, -0.25) is 4.79 Å². The molecule has 96 valence electrons. The molecule has 0 spiro atoms. The first kappa shape index (κ1) is 14.7. The van der Waals surface area contributed by atoms with Gasteiger partial charge in [0.15, 0.2) is 0 Å². The average Bonchev–Trinajstić information content (AvgIpc) is 2.71. The third-order valence-electron chi connectivity index (χ3n) is 2.43. The number of halogens is 1. The summed E-state index contributed by atoms with van der Waals surface area (Å²) in [7, 11) is 0. The van der Waals surface area contributed by atoms with Crippen LogP contribution < -0.4 is 11.1 Å². The fourth-order valence-electron chi connectivity index (χ4n) is 1.51. The number of amides is 1. The van der Waals surface area contributed by atoms with Crippen molar-refractivity contribution in [3.63, 3.8) is 0 Å². The van der Waals surface area contributed by atoms with Gasteiger partial charge in [0.25, 0.3) is 0 Å². The van der Waals surface area contributed by atoms with E-state index in [2.05, 4.69) is 27.3 Å². The zero-order valence-corrected chi connectivity index (χ0v) is 12.3. The first-order valence-corrected chi connectivity index (χ1v) is 7.54. The molecular weight excluding hydrogens is 300 g/mol. The van der Waals surface area contributed by atoms with Crippen molar-refractivity contribution in [1.82, 2.24) is 5.32 Å². The highest BCUT2D eigenvalue weighted by Crippen LogP contribution is 2.21. The Labute approximate surface area is 115 Å². The first-order valence-electron chi connectivity index (χ1n) is 5.93. The lowest BCUT2D eigenvalue weighted by molar-refractivity contribution is -0.121. The first-order chi connectivity index (χ1) is 8.22. The van der Waals surface area contributed by atoms with E-state index >= 15 is 0 Å². The zero-order valence-electron chi connectivity index (χ0n) is 9.88. The molecular formula is C12H19BrN2OS. The Balaban J connectivity index is 2.04. The molecule has 5 heteroatoms. The number of unbranched alkanes of at least 4 members (excludes halogenated alkanes) is 2. The van der Waals surface area contributed by atoms with Crippen LogP contribution in [-0.4, -0.2) is 19.0 Å². The lowest BCUT2D eigenvalue weighted by atomic mass is 10.2. The molecule has 3 N–H and O–H groups in total. The number of rotatable bonds is 8. The summed E-state index contributed by atoms with van der Waals surface area (Å²) in [5, 5.41) is 2.94. The zero-order chi connectivity index (χ0) is 12.5. The van der Waals surface area contributed by atoms with E-state index in [0.29, 0.717) is 6.42 Å². The maximum Gasteiger partial charge on any atom is 0.220 e. The van der Waals surface area contributed by atoms with E-state index < -0.39 is 0 Å². The van der Waals surface area contributed by atoms with Crippen LogP contribution in [0.5, 0.6) is 0 Å². The number of carbonyl (C=O) groups excluding carboxylic acids is 1. The Kier molecular flexibility index (Phi) is 7.48. The molecule has 0 saturated heterocycles. The average molecular weight is 319 g/mol. The number of thiophene rings is 1. The van der Waals surface area contributed by atoms with E-state index in [0.717, 1.165) is 42.6 Å². The van der Waals surface area contributed by atoms with E-state index in [1.807, 2.05) is 6.07 Å². The van der Waals surface area contributed by atoms with E-state index in [1.54, 1.807) is 11.3 Å². The highest BCUT2D eigenvalue weighted by Gasteiger charge is 2.01. The standard InChI is InChI=1S/C12H19BrN2OS/c13-11-6-5-10(17-11)7-9-15-12(16)4-2-1-3-8-14/h5-6H,1-4,7-9,14H2,(H,15,16). The van der Waals surface area contributed by atoms with Crippen molar-refractivity contribution in [2.75, 3.05) is 13.1 Å². The van der Waals surface area contributed by atoms with Crippen molar-refractivity contribution in [1.29, 1.82) is 0 Å². The van der Waals surface area contributed by atoms with Crippen molar-refractivity contribution in [2.24, 2.45) is 5.73 Å². The molecule has 3 nitrogen and oxygen atoms in total. The number of nitrogens with one attached hydrogen (secondary N) is 1.